The molecule has 3 aromatic carbocycles. The highest BCUT2D eigenvalue weighted by molar-refractivity contribution is 6.70. The molecule has 0 spiro atoms. The molecule has 0 atom stereocenters. The van der Waals surface area contributed by atoms with Gasteiger partial charge in [0.05, 0.1) is 5.02 Å². The van der Waals surface area contributed by atoms with Crippen molar-refractivity contribution < 1.29 is 0 Å². The molecule has 29 heavy (non-hydrogen) atoms. The third kappa shape index (κ3) is 3.42. The quantitative estimate of drug-likeness (QED) is 0.398. The number of rotatable bonds is 2. The van der Waals surface area contributed by atoms with Gasteiger partial charge in [0.2, 0.25) is 0 Å². The van der Waals surface area contributed by atoms with Crippen LogP contribution in [0.1, 0.15) is 0 Å². The van der Waals surface area contributed by atoms with Crippen LogP contribution in [0, 0.1) is 0 Å². The molecule has 0 aliphatic rings. The molecule has 0 aliphatic carbocycles. The average Bonchev–Trinajstić information content (AvgIpc) is 2.70. The van der Waals surface area contributed by atoms with E-state index >= 15 is 0 Å². The van der Waals surface area contributed by atoms with Crippen molar-refractivity contribution in [2.45, 2.75) is 0 Å². The molecule has 112 valence electrons. The predicted octanol–water partition coefficient (Wildman–Crippen LogP) is -6.39. The Labute approximate surface area is 189 Å². The van der Waals surface area contributed by atoms with Crippen molar-refractivity contribution in [2.75, 3.05) is 0 Å². The summed E-state index contributed by atoms with van der Waals surface area (Å²) in [5, 5.41) is 0.233. The van der Waals surface area contributed by atoms with Crippen LogP contribution in [0.4, 0.5) is 0 Å². The Morgan fingerprint density at radius 3 is 0.931 bits per heavy atom. The highest BCUT2D eigenvalue weighted by Crippen LogP contribution is 2.33. The lowest BCUT2D eigenvalue weighted by Crippen LogP contribution is -2.55. The molecular formula is C18H3B10Cl. The monoisotopic (exact) mass is 364 g/mol. The van der Waals surface area contributed by atoms with Crippen molar-refractivity contribution in [3.63, 3.8) is 0 Å². The summed E-state index contributed by atoms with van der Waals surface area (Å²) in [6.07, 6.45) is 0. The summed E-state index contributed by atoms with van der Waals surface area (Å²) in [6, 6.07) is 5.10. The smallest absolute Gasteiger partial charge is 0.112 e. The molecule has 0 N–H and O–H groups in total. The van der Waals surface area contributed by atoms with Crippen LogP contribution >= 0.6 is 11.6 Å². The maximum Gasteiger partial charge on any atom is 0.113 e. The summed E-state index contributed by atoms with van der Waals surface area (Å²) in [7, 11) is 60.3. The summed E-state index contributed by atoms with van der Waals surface area (Å²) >= 11 is 6.71. The maximum absolute atomic E-state index is 6.71. The fraction of sp³-hybridized carbons (Fsp3) is 0. The zero-order chi connectivity index (χ0) is 21.8. The fourth-order valence-corrected chi connectivity index (χ4v) is 3.51. The standard InChI is InChI=1S/C18H3B10Cl/c19-8-6(9(20)13(24)16(27)12(8)23)4-2-1-3-5(18(4)29)7-10(21)14(25)17(28)15(26)11(7)22/h1-3H. The van der Waals surface area contributed by atoms with Crippen LogP contribution in [0.5, 0.6) is 0 Å². The van der Waals surface area contributed by atoms with Gasteiger partial charge in [-0.1, -0.05) is 51.7 Å². The SMILES string of the molecule is [B]c1c([B])c([B])c(-c2cccc(-c3c([B])c([B])c([B])c([B])c3[B])c2Cl)c([B])c1[B]. The molecule has 0 heterocycles. The van der Waals surface area contributed by atoms with E-state index in [9.17, 15) is 0 Å². The minimum atomic E-state index is 0.101. The second-order valence-corrected chi connectivity index (χ2v) is 6.93. The highest BCUT2D eigenvalue weighted by atomic mass is 35.5. The van der Waals surface area contributed by atoms with Gasteiger partial charge in [-0.05, 0) is 22.3 Å². The molecule has 0 nitrogen and oxygen atoms in total. The molecular weight excluding hydrogens is 360 g/mol. The topological polar surface area (TPSA) is 0 Å². The third-order valence-electron chi connectivity index (χ3n) is 4.94. The van der Waals surface area contributed by atoms with E-state index in [0.29, 0.717) is 22.3 Å². The van der Waals surface area contributed by atoms with Crippen molar-refractivity contribution >= 4 is 145 Å². The number of halogens is 1. The van der Waals surface area contributed by atoms with E-state index in [1.54, 1.807) is 18.2 Å². The molecule has 3 aromatic rings. The van der Waals surface area contributed by atoms with Gasteiger partial charge in [-0.15, -0.1) is 32.8 Å². The minimum absolute atomic E-state index is 0.101. The van der Waals surface area contributed by atoms with Gasteiger partial charge in [-0.2, -0.15) is 0 Å². The van der Waals surface area contributed by atoms with Crippen LogP contribution < -0.4 is 54.6 Å². The summed E-state index contributed by atoms with van der Waals surface area (Å²) in [4.78, 5) is 0. The van der Waals surface area contributed by atoms with Crippen LogP contribution in [0.25, 0.3) is 22.3 Å². The van der Waals surface area contributed by atoms with E-state index in [4.69, 9.17) is 90.1 Å². The van der Waals surface area contributed by atoms with E-state index < -0.39 is 0 Å². The molecule has 0 amide bonds. The summed E-state index contributed by atoms with van der Waals surface area (Å²) in [5.74, 6) is 0. The van der Waals surface area contributed by atoms with Crippen LogP contribution in [-0.4, -0.2) is 78.5 Å². The first-order valence-electron chi connectivity index (χ1n) is 8.32. The predicted molar refractivity (Wildman–Crippen MR) is 136 cm³/mol. The Morgan fingerprint density at radius 2 is 0.655 bits per heavy atom. The molecule has 0 bridgehead atoms. The molecule has 0 aromatic heterocycles. The number of hydrogen-bond donors (Lipinski definition) is 0. The first-order valence-corrected chi connectivity index (χ1v) is 8.70. The van der Waals surface area contributed by atoms with E-state index in [2.05, 4.69) is 0 Å². The number of benzene rings is 3. The molecule has 11 heteroatoms. The Kier molecular flexibility index (Phi) is 6.17. The van der Waals surface area contributed by atoms with E-state index in [-0.39, 0.29) is 59.7 Å². The van der Waals surface area contributed by atoms with E-state index in [0.717, 1.165) is 0 Å². The Balaban J connectivity index is 2.40. The maximum atomic E-state index is 6.71. The summed E-state index contributed by atoms with van der Waals surface area (Å²) in [5.41, 5.74) is 2.78. The lowest BCUT2D eigenvalue weighted by Gasteiger charge is -2.25. The lowest BCUT2D eigenvalue weighted by molar-refractivity contribution is 1.67. The summed E-state index contributed by atoms with van der Waals surface area (Å²) in [6.45, 7) is 0. The zero-order valence-electron chi connectivity index (χ0n) is 15.4. The zero-order valence-corrected chi connectivity index (χ0v) is 16.1. The normalized spacial score (nSPS) is 10.9. The van der Waals surface area contributed by atoms with Crippen molar-refractivity contribution in [1.82, 2.24) is 0 Å². The Morgan fingerprint density at radius 1 is 0.414 bits per heavy atom. The van der Waals surface area contributed by atoms with Gasteiger partial charge in [0, 0.05) is 0 Å². The van der Waals surface area contributed by atoms with E-state index in [1.807, 2.05) is 0 Å². The van der Waals surface area contributed by atoms with Crippen molar-refractivity contribution in [3.8, 4) is 22.3 Å². The molecule has 0 saturated heterocycles. The first-order chi connectivity index (χ1) is 13.5. The van der Waals surface area contributed by atoms with Crippen LogP contribution in [0.2, 0.25) is 5.02 Å². The summed E-state index contributed by atoms with van der Waals surface area (Å²) < 4.78 is 0. The molecule has 3 rings (SSSR count). The van der Waals surface area contributed by atoms with Crippen LogP contribution in [0.15, 0.2) is 18.2 Å². The highest BCUT2D eigenvalue weighted by Gasteiger charge is 2.19. The molecule has 0 fully saturated rings. The largest absolute Gasteiger partial charge is 0.113 e. The Bertz CT molecular complexity index is 1030. The van der Waals surface area contributed by atoms with Gasteiger partial charge in [0.25, 0.3) is 0 Å². The second kappa shape index (κ2) is 8.03. The molecule has 0 saturated carbocycles. The van der Waals surface area contributed by atoms with Crippen molar-refractivity contribution in [3.05, 3.63) is 23.2 Å². The number of hydrogen-bond acceptors (Lipinski definition) is 0. The third-order valence-corrected chi connectivity index (χ3v) is 5.34. The molecule has 0 unspecified atom stereocenters. The first kappa shape index (κ1) is 22.3. The van der Waals surface area contributed by atoms with Gasteiger partial charge in [-0.3, -0.25) is 0 Å². The Hall–Kier alpha value is -1.40. The van der Waals surface area contributed by atoms with Crippen molar-refractivity contribution in [2.24, 2.45) is 0 Å². The minimum Gasteiger partial charge on any atom is -0.112 e. The van der Waals surface area contributed by atoms with Crippen LogP contribution in [-0.2, 0) is 0 Å². The van der Waals surface area contributed by atoms with Crippen molar-refractivity contribution in [1.29, 1.82) is 0 Å². The molecule has 0 aliphatic heterocycles. The van der Waals surface area contributed by atoms with Gasteiger partial charge in [-0.25, -0.2) is 0 Å². The van der Waals surface area contributed by atoms with Gasteiger partial charge >= 0.3 is 0 Å². The van der Waals surface area contributed by atoms with Gasteiger partial charge in [0.1, 0.15) is 78.5 Å². The molecule has 20 radical (unpaired) electrons. The van der Waals surface area contributed by atoms with Gasteiger partial charge < -0.3 is 0 Å². The lowest BCUT2D eigenvalue weighted by atomic mass is 9.59. The van der Waals surface area contributed by atoms with E-state index in [1.165, 1.54) is 0 Å². The van der Waals surface area contributed by atoms with Crippen LogP contribution in [0.3, 0.4) is 0 Å². The van der Waals surface area contributed by atoms with Gasteiger partial charge in [0.15, 0.2) is 0 Å². The second-order valence-electron chi connectivity index (χ2n) is 6.55. The average molecular weight is 363 g/mol. The fourth-order valence-electron chi connectivity index (χ4n) is 3.20.